The van der Waals surface area contributed by atoms with Crippen LogP contribution in [-0.4, -0.2) is 36.0 Å². The van der Waals surface area contributed by atoms with E-state index in [1.807, 2.05) is 7.05 Å². The summed E-state index contributed by atoms with van der Waals surface area (Å²) < 4.78 is 2.14. The van der Waals surface area contributed by atoms with E-state index in [1.165, 1.54) is 4.68 Å². The van der Waals surface area contributed by atoms with Crippen LogP contribution in [0.1, 0.15) is 20.3 Å². The van der Waals surface area contributed by atoms with Crippen LogP contribution in [0, 0.1) is 5.92 Å². The molecule has 1 N–H and O–H groups in total. The molecule has 0 amide bonds. The second-order valence-corrected chi connectivity index (χ2v) is 6.28. The van der Waals surface area contributed by atoms with Crippen molar-refractivity contribution in [1.29, 1.82) is 0 Å². The van der Waals surface area contributed by atoms with Crippen molar-refractivity contribution in [3.63, 3.8) is 0 Å². The number of nitrogens with zero attached hydrogens (tertiary/aromatic N) is 3. The third-order valence-corrected chi connectivity index (χ3v) is 4.21. The zero-order chi connectivity index (χ0) is 14.0. The smallest absolute Gasteiger partial charge is 0.283 e. The minimum Gasteiger partial charge on any atom is -0.368 e. The van der Waals surface area contributed by atoms with Gasteiger partial charge in [-0.05, 0) is 34.8 Å². The molecule has 0 radical (unpaired) electrons. The molecule has 2 heterocycles. The van der Waals surface area contributed by atoms with E-state index in [-0.39, 0.29) is 5.56 Å². The van der Waals surface area contributed by atoms with Crippen LogP contribution in [0.2, 0.25) is 0 Å². The molecule has 0 spiro atoms. The van der Waals surface area contributed by atoms with Gasteiger partial charge in [0, 0.05) is 26.2 Å². The van der Waals surface area contributed by atoms with Crippen molar-refractivity contribution in [3.8, 4) is 0 Å². The van der Waals surface area contributed by atoms with E-state index in [9.17, 15) is 4.79 Å². The number of hydrogen-bond acceptors (Lipinski definition) is 4. The predicted octanol–water partition coefficient (Wildman–Crippen LogP) is 1.46. The lowest BCUT2D eigenvalue weighted by Crippen LogP contribution is -2.36. The van der Waals surface area contributed by atoms with Gasteiger partial charge >= 0.3 is 0 Å². The van der Waals surface area contributed by atoms with Crippen LogP contribution < -0.4 is 15.8 Å². The molecule has 6 heteroatoms. The van der Waals surface area contributed by atoms with Crippen LogP contribution in [-0.2, 0) is 6.54 Å². The summed E-state index contributed by atoms with van der Waals surface area (Å²) in [6, 6.07) is 0.429. The largest absolute Gasteiger partial charge is 0.368 e. The van der Waals surface area contributed by atoms with Gasteiger partial charge in [0.15, 0.2) is 0 Å². The first-order valence-electron chi connectivity index (χ1n) is 6.70. The van der Waals surface area contributed by atoms with Crippen molar-refractivity contribution in [2.45, 2.75) is 32.9 Å². The average molecular weight is 329 g/mol. The lowest BCUT2D eigenvalue weighted by atomic mass is 10.2. The number of nitrogens with one attached hydrogen (secondary N) is 1. The van der Waals surface area contributed by atoms with Gasteiger partial charge < -0.3 is 10.2 Å². The van der Waals surface area contributed by atoms with Gasteiger partial charge in [0.25, 0.3) is 5.56 Å². The Balaban J connectivity index is 2.27. The van der Waals surface area contributed by atoms with E-state index in [2.05, 4.69) is 45.1 Å². The number of hydrogen-bond donors (Lipinski definition) is 1. The van der Waals surface area contributed by atoms with Crippen molar-refractivity contribution in [2.24, 2.45) is 5.92 Å². The van der Waals surface area contributed by atoms with Gasteiger partial charge in [-0.2, -0.15) is 5.10 Å². The van der Waals surface area contributed by atoms with Crippen molar-refractivity contribution in [2.75, 3.05) is 25.0 Å². The van der Waals surface area contributed by atoms with Crippen LogP contribution in [0.5, 0.6) is 0 Å². The topological polar surface area (TPSA) is 50.2 Å². The van der Waals surface area contributed by atoms with Crippen molar-refractivity contribution in [1.82, 2.24) is 15.1 Å². The van der Waals surface area contributed by atoms with Crippen LogP contribution in [0.4, 0.5) is 5.69 Å². The first kappa shape index (κ1) is 14.5. The van der Waals surface area contributed by atoms with Gasteiger partial charge in [0.2, 0.25) is 0 Å². The normalized spacial score (nSPS) is 19.1. The molecule has 1 saturated heterocycles. The van der Waals surface area contributed by atoms with Gasteiger partial charge in [-0.25, -0.2) is 4.68 Å². The molecule has 5 nitrogen and oxygen atoms in total. The van der Waals surface area contributed by atoms with Crippen molar-refractivity contribution >= 4 is 21.6 Å². The third-order valence-electron chi connectivity index (χ3n) is 3.47. The van der Waals surface area contributed by atoms with Gasteiger partial charge in [-0.15, -0.1) is 0 Å². The Kier molecular flexibility index (Phi) is 4.62. The summed E-state index contributed by atoms with van der Waals surface area (Å²) in [4.78, 5) is 14.4. The maximum Gasteiger partial charge on any atom is 0.283 e. The highest BCUT2D eigenvalue weighted by atomic mass is 79.9. The summed E-state index contributed by atoms with van der Waals surface area (Å²) in [5.41, 5.74) is 0.822. The van der Waals surface area contributed by atoms with Crippen molar-refractivity contribution in [3.05, 3.63) is 21.0 Å². The van der Waals surface area contributed by atoms with E-state index >= 15 is 0 Å². The molecular weight excluding hydrogens is 308 g/mol. The molecule has 2 rings (SSSR count). The Morgan fingerprint density at radius 3 is 2.95 bits per heavy atom. The van der Waals surface area contributed by atoms with Crippen LogP contribution >= 0.6 is 15.9 Å². The predicted molar refractivity (Wildman–Crippen MR) is 80.7 cm³/mol. The van der Waals surface area contributed by atoms with E-state index in [0.29, 0.717) is 23.0 Å². The molecule has 0 saturated carbocycles. The first-order valence-corrected chi connectivity index (χ1v) is 7.49. The summed E-state index contributed by atoms with van der Waals surface area (Å²) in [5, 5.41) is 7.62. The minimum absolute atomic E-state index is 0.0518. The summed E-state index contributed by atoms with van der Waals surface area (Å²) in [7, 11) is 2.02. The maximum atomic E-state index is 12.3. The van der Waals surface area contributed by atoms with E-state index < -0.39 is 0 Å². The standard InChI is InChI=1S/C13H21BrN4O/c1-9(2)8-18-13(19)12(14)11(7-16-18)17(3)10-4-5-15-6-10/h7,9-10,15H,4-6,8H2,1-3H3. The molecule has 0 aromatic carbocycles. The van der Waals surface area contributed by atoms with Crippen LogP contribution in [0.3, 0.4) is 0 Å². The summed E-state index contributed by atoms with van der Waals surface area (Å²) in [6.07, 6.45) is 2.88. The molecule has 19 heavy (non-hydrogen) atoms. The second kappa shape index (κ2) is 6.05. The summed E-state index contributed by atoms with van der Waals surface area (Å²) in [6.45, 7) is 6.79. The highest BCUT2D eigenvalue weighted by Crippen LogP contribution is 2.24. The molecule has 1 aliphatic heterocycles. The molecular formula is C13H21BrN4O. The second-order valence-electron chi connectivity index (χ2n) is 5.48. The minimum atomic E-state index is -0.0518. The molecule has 1 fully saturated rings. The lowest BCUT2D eigenvalue weighted by molar-refractivity contribution is 0.461. The Bertz CT molecular complexity index is 494. The first-order chi connectivity index (χ1) is 9.00. The summed E-state index contributed by atoms with van der Waals surface area (Å²) >= 11 is 3.43. The van der Waals surface area contributed by atoms with Gasteiger partial charge in [0.05, 0.1) is 11.9 Å². The fourth-order valence-corrected chi connectivity index (χ4v) is 2.93. The SMILES string of the molecule is CC(C)Cn1ncc(N(C)C2CCNC2)c(Br)c1=O. The Morgan fingerprint density at radius 2 is 2.37 bits per heavy atom. The fourth-order valence-electron chi connectivity index (χ4n) is 2.34. The molecule has 1 aromatic heterocycles. The maximum absolute atomic E-state index is 12.3. The molecule has 1 aromatic rings. The number of likely N-dealkylation sites (N-methyl/N-ethyl adjacent to an activating group) is 1. The molecule has 0 aliphatic carbocycles. The molecule has 1 unspecified atom stereocenters. The van der Waals surface area contributed by atoms with Crippen LogP contribution in [0.15, 0.2) is 15.5 Å². The van der Waals surface area contributed by atoms with Crippen molar-refractivity contribution < 1.29 is 0 Å². The van der Waals surface area contributed by atoms with Gasteiger partial charge in [-0.1, -0.05) is 13.8 Å². The number of halogens is 1. The van der Waals surface area contributed by atoms with Crippen LogP contribution in [0.25, 0.3) is 0 Å². The molecule has 0 bridgehead atoms. The molecule has 1 atom stereocenters. The zero-order valence-corrected chi connectivity index (χ0v) is 13.3. The highest BCUT2D eigenvalue weighted by Gasteiger charge is 2.22. The number of anilines is 1. The van der Waals surface area contributed by atoms with E-state index in [1.54, 1.807) is 6.20 Å². The van der Waals surface area contributed by atoms with Gasteiger partial charge in [0.1, 0.15) is 4.47 Å². The highest BCUT2D eigenvalue weighted by molar-refractivity contribution is 9.10. The van der Waals surface area contributed by atoms with E-state index in [0.717, 1.165) is 25.2 Å². The summed E-state index contributed by atoms with van der Waals surface area (Å²) in [5.74, 6) is 0.403. The Hall–Kier alpha value is -0.880. The number of rotatable bonds is 4. The average Bonchev–Trinajstić information content (AvgIpc) is 2.88. The number of aromatic nitrogens is 2. The zero-order valence-electron chi connectivity index (χ0n) is 11.7. The molecule has 1 aliphatic rings. The third kappa shape index (κ3) is 3.17. The van der Waals surface area contributed by atoms with E-state index in [4.69, 9.17) is 0 Å². The fraction of sp³-hybridized carbons (Fsp3) is 0.692. The Labute approximate surface area is 122 Å². The monoisotopic (exact) mass is 328 g/mol. The molecule has 106 valence electrons. The lowest BCUT2D eigenvalue weighted by Gasteiger charge is -2.26. The quantitative estimate of drug-likeness (QED) is 0.909. The van der Waals surface area contributed by atoms with Gasteiger partial charge in [-0.3, -0.25) is 4.79 Å². The Morgan fingerprint density at radius 1 is 1.63 bits per heavy atom.